The molecular weight excluding hydrogens is 472 g/mol. The van der Waals surface area contributed by atoms with Gasteiger partial charge in [0.05, 0.1) is 57.5 Å². The van der Waals surface area contributed by atoms with Gasteiger partial charge in [0, 0.05) is 0 Å². The van der Waals surface area contributed by atoms with Crippen LogP contribution in [0, 0.1) is 10.4 Å². The van der Waals surface area contributed by atoms with E-state index in [-0.39, 0.29) is 11.3 Å². The molecule has 0 amide bonds. The molecule has 2 spiro atoms. The lowest BCUT2D eigenvalue weighted by atomic mass is 10.1. The summed E-state index contributed by atoms with van der Waals surface area (Å²) in [5.74, 6) is 1.26. The van der Waals surface area contributed by atoms with Crippen LogP contribution in [0.25, 0.3) is 22.3 Å². The van der Waals surface area contributed by atoms with E-state index in [0.717, 1.165) is 87.5 Å². The zero-order valence-corrected chi connectivity index (χ0v) is 19.6. The second kappa shape index (κ2) is 7.79. The first-order chi connectivity index (χ1) is 17.5. The molecule has 0 saturated carbocycles. The van der Waals surface area contributed by atoms with Gasteiger partial charge in [-0.25, -0.2) is 4.98 Å². The molecule has 188 valence electrons. The molecule has 0 atom stereocenters. The third-order valence-electron chi connectivity index (χ3n) is 8.40. The Morgan fingerprint density at radius 1 is 0.667 bits per heavy atom. The number of aromatic nitrogens is 8. The van der Waals surface area contributed by atoms with E-state index in [4.69, 9.17) is 9.26 Å². The number of hydrogen-bond acceptors (Lipinski definition) is 12. The molecule has 0 N–H and O–H groups in total. The molecule has 3 aliphatic rings. The van der Waals surface area contributed by atoms with Gasteiger partial charge in [0.1, 0.15) is 32.5 Å². The second-order valence-electron chi connectivity index (χ2n) is 10.0. The Bertz CT molecular complexity index is 1410. The largest absolute Gasteiger partial charge is 0.391 e. The van der Waals surface area contributed by atoms with E-state index < -0.39 is 0 Å². The fourth-order valence-corrected chi connectivity index (χ4v) is 6.03. The SMILES string of the molecule is [O-][n+]1onc2c(N3CC[N+]4(CC3)CC[N+]3(CCN(c5ncnc6no[n+]([O-])c56)CC3)CC4)ncnc21. The molecule has 4 aromatic heterocycles. The molecule has 3 aliphatic heterocycles. The van der Waals surface area contributed by atoms with E-state index in [1.54, 1.807) is 0 Å². The van der Waals surface area contributed by atoms with Crippen molar-refractivity contribution < 1.29 is 28.0 Å². The summed E-state index contributed by atoms with van der Waals surface area (Å²) in [6, 6.07) is 0. The summed E-state index contributed by atoms with van der Waals surface area (Å²) in [5, 5.41) is 31.3. The van der Waals surface area contributed by atoms with Gasteiger partial charge in [-0.1, -0.05) is 9.89 Å². The van der Waals surface area contributed by atoms with E-state index in [1.165, 1.54) is 12.7 Å². The standard InChI is InChI=1S/C20H26N12O4/c33-29-16-17(26-36-29)21-13-24-20(16)28-3-7-32(8-4-28)11-9-31(10-12-32)5-1-27(2-6-31)18-15-19(23-14-22-18)30(34)35-25-15/h13-14H,1-12H2/q+2. The lowest BCUT2D eigenvalue weighted by molar-refractivity contribution is -1.03. The van der Waals surface area contributed by atoms with Crippen molar-refractivity contribution in [2.45, 2.75) is 0 Å². The van der Waals surface area contributed by atoms with Gasteiger partial charge in [-0.05, 0) is 10.1 Å². The highest BCUT2D eigenvalue weighted by atomic mass is 16.8. The van der Waals surface area contributed by atoms with Crippen molar-refractivity contribution in [3.63, 3.8) is 0 Å². The molecule has 0 aromatic carbocycles. The molecular formula is C20H26N12O4+2. The van der Waals surface area contributed by atoms with Crippen LogP contribution in [-0.2, 0) is 0 Å². The number of fused-ring (bicyclic) bond motifs is 2. The van der Waals surface area contributed by atoms with Crippen LogP contribution in [0.1, 0.15) is 0 Å². The van der Waals surface area contributed by atoms with Crippen LogP contribution in [0.15, 0.2) is 21.9 Å². The van der Waals surface area contributed by atoms with Gasteiger partial charge in [0.2, 0.25) is 0 Å². The van der Waals surface area contributed by atoms with Gasteiger partial charge in [-0.2, -0.15) is 9.97 Å². The monoisotopic (exact) mass is 498 g/mol. The molecule has 0 radical (unpaired) electrons. The topological polar surface area (TPSA) is 164 Å². The first-order valence-corrected chi connectivity index (χ1v) is 12.2. The van der Waals surface area contributed by atoms with Crippen molar-refractivity contribution in [1.82, 2.24) is 30.2 Å². The third-order valence-corrected chi connectivity index (χ3v) is 8.40. The number of hydrogen-bond donors (Lipinski definition) is 0. The zero-order chi connectivity index (χ0) is 24.3. The molecule has 36 heavy (non-hydrogen) atoms. The molecule has 3 fully saturated rings. The fourth-order valence-electron chi connectivity index (χ4n) is 6.03. The number of anilines is 2. The Morgan fingerprint density at radius 2 is 1.22 bits per heavy atom. The maximum absolute atomic E-state index is 12.0. The Morgan fingerprint density at radius 3 is 1.89 bits per heavy atom. The zero-order valence-electron chi connectivity index (χ0n) is 19.6. The van der Waals surface area contributed by atoms with E-state index in [9.17, 15) is 10.4 Å². The van der Waals surface area contributed by atoms with Crippen molar-refractivity contribution in [3.05, 3.63) is 23.1 Å². The fraction of sp³-hybridized carbons (Fsp3) is 0.600. The van der Waals surface area contributed by atoms with E-state index in [0.29, 0.717) is 32.5 Å². The lowest BCUT2D eigenvalue weighted by Crippen LogP contribution is -2.73. The molecule has 4 aromatic rings. The van der Waals surface area contributed by atoms with Gasteiger partial charge in [-0.15, -0.1) is 0 Å². The Labute approximate surface area is 204 Å². The van der Waals surface area contributed by atoms with Crippen LogP contribution in [0.4, 0.5) is 11.6 Å². The average molecular weight is 499 g/mol. The molecule has 0 bridgehead atoms. The molecule has 16 heteroatoms. The van der Waals surface area contributed by atoms with Gasteiger partial charge in [0.15, 0.2) is 18.0 Å². The minimum atomic E-state index is 0.162. The number of nitrogens with zero attached hydrogens (tertiary/aromatic N) is 12. The molecule has 16 nitrogen and oxygen atoms in total. The van der Waals surface area contributed by atoms with Gasteiger partial charge >= 0.3 is 11.3 Å². The Hall–Kier alpha value is -3.92. The summed E-state index contributed by atoms with van der Waals surface area (Å²) in [4.78, 5) is 21.8. The lowest BCUT2D eigenvalue weighted by Gasteiger charge is -2.54. The van der Waals surface area contributed by atoms with Crippen LogP contribution < -0.4 is 19.6 Å². The summed E-state index contributed by atoms with van der Waals surface area (Å²) in [6.07, 6.45) is 2.82. The molecule has 3 saturated heterocycles. The van der Waals surface area contributed by atoms with E-state index >= 15 is 0 Å². The van der Waals surface area contributed by atoms with E-state index in [2.05, 4.69) is 40.0 Å². The summed E-state index contributed by atoms with van der Waals surface area (Å²) >= 11 is 0. The Balaban J connectivity index is 0.993. The maximum Gasteiger partial charge on any atom is 0.347 e. The smallest absolute Gasteiger partial charge is 0.347 e. The third kappa shape index (κ3) is 3.28. The summed E-state index contributed by atoms with van der Waals surface area (Å²) < 4.78 is 11.7. The maximum atomic E-state index is 12.0. The van der Waals surface area contributed by atoms with Crippen LogP contribution in [0.2, 0.25) is 0 Å². The number of quaternary nitrogens is 2. The first-order valence-electron chi connectivity index (χ1n) is 12.2. The molecule has 7 heterocycles. The van der Waals surface area contributed by atoms with Gasteiger partial charge < -0.3 is 33.8 Å². The van der Waals surface area contributed by atoms with Gasteiger partial charge in [-0.3, -0.25) is 4.63 Å². The molecule has 0 aliphatic carbocycles. The highest BCUT2D eigenvalue weighted by Crippen LogP contribution is 2.28. The number of piperazine rings is 3. The Kier molecular flexibility index (Phi) is 4.62. The molecule has 7 rings (SSSR count). The van der Waals surface area contributed by atoms with Crippen molar-refractivity contribution in [1.29, 1.82) is 0 Å². The van der Waals surface area contributed by atoms with Crippen LogP contribution >= 0.6 is 0 Å². The second-order valence-corrected chi connectivity index (χ2v) is 10.0. The average Bonchev–Trinajstić information content (AvgIpc) is 3.50. The summed E-state index contributed by atoms with van der Waals surface area (Å²) in [5.41, 5.74) is 1.15. The highest BCUT2D eigenvalue weighted by molar-refractivity contribution is 5.80. The number of rotatable bonds is 2. The predicted octanol–water partition coefficient (Wildman–Crippen LogP) is -2.20. The van der Waals surface area contributed by atoms with Crippen LogP contribution in [-0.4, -0.2) is 118 Å². The van der Waals surface area contributed by atoms with Gasteiger partial charge in [0.25, 0.3) is 11.0 Å². The van der Waals surface area contributed by atoms with Crippen LogP contribution in [0.5, 0.6) is 0 Å². The van der Waals surface area contributed by atoms with Crippen molar-refractivity contribution >= 4 is 34.0 Å². The first kappa shape index (κ1) is 21.4. The summed E-state index contributed by atoms with van der Waals surface area (Å²) in [6.45, 7) is 12.0. The quantitative estimate of drug-likeness (QED) is 0.217. The molecule has 0 unspecified atom stereocenters. The minimum Gasteiger partial charge on any atom is -0.391 e. The minimum absolute atomic E-state index is 0.162. The van der Waals surface area contributed by atoms with Crippen molar-refractivity contribution in [2.24, 2.45) is 0 Å². The highest BCUT2D eigenvalue weighted by Gasteiger charge is 2.46. The predicted molar refractivity (Wildman–Crippen MR) is 121 cm³/mol. The van der Waals surface area contributed by atoms with Crippen molar-refractivity contribution in [3.8, 4) is 0 Å². The normalized spacial score (nSPS) is 21.7. The van der Waals surface area contributed by atoms with Crippen LogP contribution in [0.3, 0.4) is 0 Å². The summed E-state index contributed by atoms with van der Waals surface area (Å²) in [7, 11) is 0. The van der Waals surface area contributed by atoms with Crippen molar-refractivity contribution in [2.75, 3.05) is 88.3 Å². The van der Waals surface area contributed by atoms with E-state index in [1.807, 2.05) is 0 Å².